The van der Waals surface area contributed by atoms with Crippen LogP contribution in [0, 0.1) is 22.7 Å². The minimum atomic E-state index is -0.733. The van der Waals surface area contributed by atoms with Gasteiger partial charge in [0, 0.05) is 37.1 Å². The summed E-state index contributed by atoms with van der Waals surface area (Å²) in [6.45, 7) is 6.00. The van der Waals surface area contributed by atoms with Gasteiger partial charge in [-0.05, 0) is 25.2 Å². The van der Waals surface area contributed by atoms with Gasteiger partial charge in [0.05, 0.1) is 11.5 Å². The van der Waals surface area contributed by atoms with Crippen molar-refractivity contribution in [3.05, 3.63) is 0 Å². The van der Waals surface area contributed by atoms with Gasteiger partial charge in [-0.2, -0.15) is 0 Å². The molecule has 3 unspecified atom stereocenters. The van der Waals surface area contributed by atoms with Crippen molar-refractivity contribution in [1.29, 1.82) is 0 Å². The van der Waals surface area contributed by atoms with E-state index in [1.165, 1.54) is 0 Å². The van der Waals surface area contributed by atoms with Crippen LogP contribution in [-0.4, -0.2) is 53.8 Å². The first-order chi connectivity index (χ1) is 10.9. The fourth-order valence-corrected chi connectivity index (χ4v) is 5.64. The van der Waals surface area contributed by atoms with Gasteiger partial charge in [-0.15, -0.1) is 0 Å². The first kappa shape index (κ1) is 15.2. The molecule has 4 rings (SSSR count). The second-order valence-electron chi connectivity index (χ2n) is 8.42. The molecule has 2 saturated heterocycles. The summed E-state index contributed by atoms with van der Waals surface area (Å²) < 4.78 is 5.77. The number of hydrogen-bond donors (Lipinski definition) is 2. The largest absolute Gasteiger partial charge is 0.481 e. The van der Waals surface area contributed by atoms with E-state index in [0.29, 0.717) is 25.4 Å². The third-order valence-electron chi connectivity index (χ3n) is 6.96. The number of aliphatic carboxylic acids is 1. The number of urea groups is 1. The Morgan fingerprint density at radius 2 is 2.09 bits per heavy atom. The van der Waals surface area contributed by atoms with Crippen molar-refractivity contribution in [2.24, 2.45) is 22.7 Å². The van der Waals surface area contributed by atoms with E-state index in [2.05, 4.69) is 19.2 Å². The van der Waals surface area contributed by atoms with Crippen molar-refractivity contribution in [3.63, 3.8) is 0 Å². The minimum Gasteiger partial charge on any atom is -0.481 e. The number of fused-ring (bicyclic) bond motifs is 2. The molecule has 0 aromatic carbocycles. The Hall–Kier alpha value is -1.30. The Bertz CT molecular complexity index is 549. The highest BCUT2D eigenvalue weighted by Gasteiger charge is 2.61. The van der Waals surface area contributed by atoms with E-state index in [9.17, 15) is 14.7 Å². The summed E-state index contributed by atoms with van der Waals surface area (Å²) in [5.41, 5.74) is -0.748. The molecule has 2 amide bonds. The number of carboxylic acid groups (broad SMARTS) is 1. The molecule has 4 fully saturated rings. The molecule has 2 aliphatic heterocycles. The molecule has 6 nitrogen and oxygen atoms in total. The first-order valence-electron chi connectivity index (χ1n) is 8.77. The van der Waals surface area contributed by atoms with Crippen molar-refractivity contribution in [3.8, 4) is 0 Å². The number of hydrogen-bond acceptors (Lipinski definition) is 3. The van der Waals surface area contributed by atoms with Crippen LogP contribution in [0.5, 0.6) is 0 Å². The van der Waals surface area contributed by atoms with E-state index >= 15 is 0 Å². The van der Waals surface area contributed by atoms with Crippen molar-refractivity contribution in [2.45, 2.75) is 51.7 Å². The Kier molecular flexibility index (Phi) is 3.21. The lowest BCUT2D eigenvalue weighted by molar-refractivity contribution is -0.149. The number of carbonyl (C=O) groups excluding carboxylic acids is 1. The molecular formula is C17H26N2O4. The van der Waals surface area contributed by atoms with Crippen LogP contribution < -0.4 is 5.32 Å². The van der Waals surface area contributed by atoms with Gasteiger partial charge in [-0.1, -0.05) is 20.3 Å². The van der Waals surface area contributed by atoms with Crippen molar-refractivity contribution in [1.82, 2.24) is 10.2 Å². The molecule has 2 saturated carbocycles. The number of rotatable bonds is 2. The van der Waals surface area contributed by atoms with E-state index in [1.807, 2.05) is 0 Å². The molecule has 5 atom stereocenters. The number of nitrogens with one attached hydrogen (secondary N) is 1. The topological polar surface area (TPSA) is 78.9 Å². The molecule has 0 aromatic rings. The summed E-state index contributed by atoms with van der Waals surface area (Å²) in [7, 11) is 0. The van der Waals surface area contributed by atoms with E-state index < -0.39 is 11.4 Å². The maximum absolute atomic E-state index is 12.7. The average Bonchev–Trinajstić information content (AvgIpc) is 3.16. The zero-order chi connectivity index (χ0) is 16.4. The van der Waals surface area contributed by atoms with Gasteiger partial charge in [0.2, 0.25) is 0 Å². The van der Waals surface area contributed by atoms with Crippen LogP contribution in [0.15, 0.2) is 0 Å². The lowest BCUT2D eigenvalue weighted by Crippen LogP contribution is -2.67. The Balaban J connectivity index is 1.44. The molecule has 0 aromatic heterocycles. The molecule has 0 spiro atoms. The van der Waals surface area contributed by atoms with Crippen LogP contribution in [0.3, 0.4) is 0 Å². The van der Waals surface area contributed by atoms with Crippen LogP contribution in [0.4, 0.5) is 4.79 Å². The summed E-state index contributed by atoms with van der Waals surface area (Å²) in [5, 5.41) is 12.8. The number of ether oxygens (including phenoxy) is 1. The zero-order valence-corrected chi connectivity index (χ0v) is 13.9. The summed E-state index contributed by atoms with van der Waals surface area (Å²) in [6, 6.07) is 0.0344. The van der Waals surface area contributed by atoms with Gasteiger partial charge >= 0.3 is 12.0 Å². The van der Waals surface area contributed by atoms with Gasteiger partial charge in [0.1, 0.15) is 0 Å². The quantitative estimate of drug-likeness (QED) is 0.811. The standard InChI is InChI=1S/C17H26N2O4/c1-16(2)12(11-5-7-23-13(11)16)18-15(22)19-8-10-4-3-6-17(10,9-19)14(20)21/h10-13H,3-9H2,1-2H3,(H,18,22)(H,20,21)/t10-,11?,12?,13?,17+/m0/s1. The van der Waals surface area contributed by atoms with Crippen LogP contribution in [0.25, 0.3) is 0 Å². The molecule has 0 bridgehead atoms. The lowest BCUT2D eigenvalue weighted by Gasteiger charge is -2.54. The smallest absolute Gasteiger partial charge is 0.317 e. The van der Waals surface area contributed by atoms with E-state index in [0.717, 1.165) is 25.9 Å². The highest BCUT2D eigenvalue weighted by Crippen LogP contribution is 2.53. The second-order valence-corrected chi connectivity index (χ2v) is 8.42. The van der Waals surface area contributed by atoms with Gasteiger partial charge < -0.3 is 20.1 Å². The van der Waals surface area contributed by atoms with E-state index in [1.54, 1.807) is 4.90 Å². The second kappa shape index (κ2) is 4.85. The first-order valence-corrected chi connectivity index (χ1v) is 8.77. The van der Waals surface area contributed by atoms with Crippen LogP contribution in [-0.2, 0) is 9.53 Å². The number of likely N-dealkylation sites (tertiary alicyclic amines) is 1. The van der Waals surface area contributed by atoms with Crippen molar-refractivity contribution >= 4 is 12.0 Å². The van der Waals surface area contributed by atoms with Crippen LogP contribution >= 0.6 is 0 Å². The van der Waals surface area contributed by atoms with Crippen LogP contribution in [0.1, 0.15) is 39.5 Å². The summed E-state index contributed by atoms with van der Waals surface area (Å²) in [5.74, 6) is -0.212. The fraction of sp³-hybridized carbons (Fsp3) is 0.882. The van der Waals surface area contributed by atoms with E-state index in [4.69, 9.17) is 4.74 Å². The molecule has 6 heteroatoms. The maximum atomic E-state index is 12.7. The summed E-state index contributed by atoms with van der Waals surface area (Å²) >= 11 is 0. The minimum absolute atomic E-state index is 0.0447. The number of carbonyl (C=O) groups is 2. The molecule has 4 aliphatic rings. The highest BCUT2D eigenvalue weighted by molar-refractivity contribution is 5.81. The third-order valence-corrected chi connectivity index (χ3v) is 6.96. The molecule has 128 valence electrons. The molecule has 2 heterocycles. The van der Waals surface area contributed by atoms with Gasteiger partial charge in [0.25, 0.3) is 0 Å². The normalized spacial score (nSPS) is 43.7. The van der Waals surface area contributed by atoms with E-state index in [-0.39, 0.29) is 29.5 Å². The Labute approximate surface area is 136 Å². The third kappa shape index (κ3) is 1.96. The molecule has 0 radical (unpaired) electrons. The number of amides is 2. The average molecular weight is 322 g/mol. The summed E-state index contributed by atoms with van der Waals surface area (Å²) in [4.78, 5) is 26.2. The molecule has 2 aliphatic carbocycles. The van der Waals surface area contributed by atoms with Gasteiger partial charge in [-0.25, -0.2) is 4.79 Å². The monoisotopic (exact) mass is 322 g/mol. The maximum Gasteiger partial charge on any atom is 0.317 e. The van der Waals surface area contributed by atoms with Gasteiger partial charge in [0.15, 0.2) is 0 Å². The molecule has 2 N–H and O–H groups in total. The van der Waals surface area contributed by atoms with Crippen molar-refractivity contribution in [2.75, 3.05) is 19.7 Å². The molecular weight excluding hydrogens is 296 g/mol. The van der Waals surface area contributed by atoms with Gasteiger partial charge in [-0.3, -0.25) is 4.79 Å². The predicted octanol–water partition coefficient (Wildman–Crippen LogP) is 1.70. The highest BCUT2D eigenvalue weighted by atomic mass is 16.5. The lowest BCUT2D eigenvalue weighted by atomic mass is 9.57. The number of carboxylic acids is 1. The zero-order valence-electron chi connectivity index (χ0n) is 13.9. The van der Waals surface area contributed by atoms with Crippen molar-refractivity contribution < 1.29 is 19.4 Å². The number of nitrogens with zero attached hydrogens (tertiary/aromatic N) is 1. The Morgan fingerprint density at radius 1 is 1.30 bits per heavy atom. The molecule has 23 heavy (non-hydrogen) atoms. The Morgan fingerprint density at radius 3 is 2.78 bits per heavy atom. The predicted molar refractivity (Wildman–Crippen MR) is 82.9 cm³/mol. The summed E-state index contributed by atoms with van der Waals surface area (Å²) in [6.07, 6.45) is 3.83. The fourth-order valence-electron chi connectivity index (χ4n) is 5.64. The van der Waals surface area contributed by atoms with Crippen LogP contribution in [0.2, 0.25) is 0 Å². The SMILES string of the molecule is CC1(C)C(NC(=O)N2C[C@@H]3CCC[C@@]3(C(=O)O)C2)C2CCOC21.